The highest BCUT2D eigenvalue weighted by Crippen LogP contribution is 2.47. The van der Waals surface area contributed by atoms with Crippen molar-refractivity contribution in [1.82, 2.24) is 4.90 Å². The van der Waals surface area contributed by atoms with Gasteiger partial charge in [-0.3, -0.25) is 9.69 Å². The number of nitrogens with zero attached hydrogens (tertiary/aromatic N) is 1. The molecular formula is C7H11NO2. The first-order valence-electron chi connectivity index (χ1n) is 3.70. The molecule has 0 unspecified atom stereocenters. The third-order valence-corrected chi connectivity index (χ3v) is 2.43. The third kappa shape index (κ3) is 0.904. The zero-order valence-electron chi connectivity index (χ0n) is 5.84. The number of carboxylic acid groups (broad SMARTS) is 1. The molecule has 1 aliphatic carbocycles. The number of carbonyl (C=O) groups is 1. The van der Waals surface area contributed by atoms with Crippen molar-refractivity contribution in [3.63, 3.8) is 0 Å². The summed E-state index contributed by atoms with van der Waals surface area (Å²) in [7, 11) is 0. The second kappa shape index (κ2) is 1.72. The molecule has 1 saturated heterocycles. The van der Waals surface area contributed by atoms with Gasteiger partial charge in [0, 0.05) is 18.6 Å². The lowest BCUT2D eigenvalue weighted by atomic mass is 10.2. The van der Waals surface area contributed by atoms with Crippen LogP contribution in [0, 0.1) is 0 Å². The van der Waals surface area contributed by atoms with E-state index in [0.717, 1.165) is 25.9 Å². The summed E-state index contributed by atoms with van der Waals surface area (Å²) in [6.45, 7) is 2.24. The molecule has 2 rings (SSSR count). The Labute approximate surface area is 59.6 Å². The molecule has 0 aromatic heterocycles. The molecule has 0 atom stereocenters. The van der Waals surface area contributed by atoms with Gasteiger partial charge in [-0.25, -0.2) is 0 Å². The van der Waals surface area contributed by atoms with Gasteiger partial charge >= 0.3 is 5.97 Å². The van der Waals surface area contributed by atoms with Gasteiger partial charge in [0.15, 0.2) is 0 Å². The van der Waals surface area contributed by atoms with Crippen molar-refractivity contribution in [3.05, 3.63) is 0 Å². The molecule has 0 radical (unpaired) electrons. The van der Waals surface area contributed by atoms with E-state index in [0.29, 0.717) is 6.42 Å². The van der Waals surface area contributed by atoms with Gasteiger partial charge in [-0.2, -0.15) is 0 Å². The molecule has 3 heteroatoms. The van der Waals surface area contributed by atoms with E-state index in [1.165, 1.54) is 0 Å². The Morgan fingerprint density at radius 1 is 1.50 bits per heavy atom. The van der Waals surface area contributed by atoms with Crippen molar-refractivity contribution >= 4 is 5.97 Å². The van der Waals surface area contributed by atoms with Crippen LogP contribution in [-0.4, -0.2) is 34.6 Å². The number of carboxylic acids is 1. The Kier molecular flexibility index (Phi) is 1.06. The van der Waals surface area contributed by atoms with Crippen LogP contribution in [0.25, 0.3) is 0 Å². The summed E-state index contributed by atoms with van der Waals surface area (Å²) in [5, 5.41) is 8.54. The molecule has 1 N–H and O–H groups in total. The largest absolute Gasteiger partial charge is 0.481 e. The molecule has 1 heterocycles. The van der Waals surface area contributed by atoms with Gasteiger partial charge < -0.3 is 5.11 Å². The van der Waals surface area contributed by atoms with Gasteiger partial charge in [-0.05, 0) is 12.8 Å². The normalized spacial score (nSPS) is 28.0. The van der Waals surface area contributed by atoms with Gasteiger partial charge in [0.25, 0.3) is 0 Å². The maximum atomic E-state index is 10.4. The monoisotopic (exact) mass is 141 g/mol. The Morgan fingerprint density at radius 2 is 2.10 bits per heavy atom. The number of rotatable bonds is 3. The van der Waals surface area contributed by atoms with Gasteiger partial charge in [0.2, 0.25) is 0 Å². The highest BCUT2D eigenvalue weighted by molar-refractivity contribution is 5.69. The van der Waals surface area contributed by atoms with Crippen molar-refractivity contribution in [2.24, 2.45) is 0 Å². The zero-order valence-corrected chi connectivity index (χ0v) is 5.84. The minimum Gasteiger partial charge on any atom is -0.481 e. The fraction of sp³-hybridized carbons (Fsp3) is 0.857. The van der Waals surface area contributed by atoms with Gasteiger partial charge in [-0.15, -0.1) is 0 Å². The third-order valence-electron chi connectivity index (χ3n) is 2.43. The summed E-state index contributed by atoms with van der Waals surface area (Å²) < 4.78 is 0. The SMILES string of the molecule is O=C(O)CC1(N2CC2)CC1. The molecule has 0 bridgehead atoms. The molecule has 0 spiro atoms. The first kappa shape index (κ1) is 6.16. The second-order valence-corrected chi connectivity index (χ2v) is 3.28. The van der Waals surface area contributed by atoms with Crippen LogP contribution in [0.5, 0.6) is 0 Å². The molecule has 3 nitrogen and oxygen atoms in total. The van der Waals surface area contributed by atoms with Crippen LogP contribution < -0.4 is 0 Å². The minimum absolute atomic E-state index is 0.117. The average Bonchev–Trinajstić information content (AvgIpc) is 2.55. The summed E-state index contributed by atoms with van der Waals surface area (Å²) in [4.78, 5) is 12.6. The van der Waals surface area contributed by atoms with Crippen LogP contribution in [-0.2, 0) is 4.79 Å². The van der Waals surface area contributed by atoms with Gasteiger partial charge in [0.05, 0.1) is 6.42 Å². The minimum atomic E-state index is -0.649. The molecule has 56 valence electrons. The van der Waals surface area contributed by atoms with Crippen LogP contribution in [0.2, 0.25) is 0 Å². The summed E-state index contributed by atoms with van der Waals surface area (Å²) >= 11 is 0. The predicted molar refractivity (Wildman–Crippen MR) is 35.8 cm³/mol. The van der Waals surface area contributed by atoms with Crippen LogP contribution >= 0.6 is 0 Å². The van der Waals surface area contributed by atoms with Gasteiger partial charge in [-0.1, -0.05) is 0 Å². The summed E-state index contributed by atoms with van der Waals surface area (Å²) in [5.41, 5.74) is 0.117. The highest BCUT2D eigenvalue weighted by atomic mass is 16.4. The van der Waals surface area contributed by atoms with E-state index in [2.05, 4.69) is 4.90 Å². The molecule has 2 aliphatic rings. The number of aliphatic carboxylic acids is 1. The Balaban J connectivity index is 1.94. The lowest BCUT2D eigenvalue weighted by molar-refractivity contribution is -0.138. The smallest absolute Gasteiger partial charge is 0.305 e. The van der Waals surface area contributed by atoms with Crippen LogP contribution in [0.3, 0.4) is 0 Å². The Morgan fingerprint density at radius 3 is 2.40 bits per heavy atom. The van der Waals surface area contributed by atoms with E-state index < -0.39 is 5.97 Å². The number of hydrogen-bond donors (Lipinski definition) is 1. The van der Waals surface area contributed by atoms with E-state index in [-0.39, 0.29) is 5.54 Å². The van der Waals surface area contributed by atoms with Crippen LogP contribution in [0.15, 0.2) is 0 Å². The predicted octanol–water partition coefficient (Wildman–Crippen LogP) is 0.309. The highest BCUT2D eigenvalue weighted by Gasteiger charge is 2.53. The first-order valence-corrected chi connectivity index (χ1v) is 3.70. The van der Waals surface area contributed by atoms with Crippen molar-refractivity contribution in [1.29, 1.82) is 0 Å². The molecular weight excluding hydrogens is 130 g/mol. The lowest BCUT2D eigenvalue weighted by Gasteiger charge is -2.11. The number of hydrogen-bond acceptors (Lipinski definition) is 2. The van der Waals surface area contributed by atoms with E-state index in [9.17, 15) is 4.79 Å². The fourth-order valence-corrected chi connectivity index (χ4v) is 1.55. The van der Waals surface area contributed by atoms with E-state index in [4.69, 9.17) is 5.11 Å². The first-order chi connectivity index (χ1) is 4.73. The maximum Gasteiger partial charge on any atom is 0.305 e. The Hall–Kier alpha value is -0.570. The summed E-state index contributed by atoms with van der Waals surface area (Å²) in [5.74, 6) is -0.649. The lowest BCUT2D eigenvalue weighted by Crippen LogP contribution is -2.24. The molecule has 10 heavy (non-hydrogen) atoms. The van der Waals surface area contributed by atoms with Crippen molar-refractivity contribution in [2.45, 2.75) is 24.8 Å². The van der Waals surface area contributed by atoms with E-state index >= 15 is 0 Å². The molecule has 0 aromatic rings. The topological polar surface area (TPSA) is 40.3 Å². The van der Waals surface area contributed by atoms with E-state index in [1.54, 1.807) is 0 Å². The fourth-order valence-electron chi connectivity index (χ4n) is 1.55. The van der Waals surface area contributed by atoms with Crippen molar-refractivity contribution in [2.75, 3.05) is 13.1 Å². The standard InChI is InChI=1S/C7H11NO2/c9-6(10)5-7(1-2-7)8-3-4-8/h1-5H2,(H,9,10). The molecule has 1 saturated carbocycles. The summed E-state index contributed by atoms with van der Waals surface area (Å²) in [6, 6.07) is 0. The Bertz CT molecular complexity index is 170. The van der Waals surface area contributed by atoms with Crippen LogP contribution in [0.1, 0.15) is 19.3 Å². The molecule has 1 aliphatic heterocycles. The quantitative estimate of drug-likeness (QED) is 0.575. The molecule has 0 aromatic carbocycles. The second-order valence-electron chi connectivity index (χ2n) is 3.28. The van der Waals surface area contributed by atoms with E-state index in [1.807, 2.05) is 0 Å². The zero-order chi connectivity index (χ0) is 7.19. The average molecular weight is 141 g/mol. The van der Waals surface area contributed by atoms with Crippen molar-refractivity contribution < 1.29 is 9.90 Å². The molecule has 2 fully saturated rings. The van der Waals surface area contributed by atoms with Gasteiger partial charge in [0.1, 0.15) is 0 Å². The molecule has 0 amide bonds. The van der Waals surface area contributed by atoms with Crippen molar-refractivity contribution in [3.8, 4) is 0 Å². The van der Waals surface area contributed by atoms with Crippen LogP contribution in [0.4, 0.5) is 0 Å². The summed E-state index contributed by atoms with van der Waals surface area (Å²) in [6.07, 6.45) is 2.55. The maximum absolute atomic E-state index is 10.4.